The second kappa shape index (κ2) is 5.47. The lowest BCUT2D eigenvalue weighted by molar-refractivity contribution is -0.122. The van der Waals surface area contributed by atoms with E-state index in [2.05, 4.69) is 24.4 Å². The molecule has 2 aliphatic carbocycles. The molecule has 0 unspecified atom stereocenters. The van der Waals surface area contributed by atoms with E-state index in [4.69, 9.17) is 4.74 Å². The summed E-state index contributed by atoms with van der Waals surface area (Å²) in [5.74, 6) is 1.51. The molecule has 1 spiro atoms. The van der Waals surface area contributed by atoms with Crippen molar-refractivity contribution in [1.82, 2.24) is 5.32 Å². The number of ether oxygens (including phenoxy) is 1. The van der Waals surface area contributed by atoms with Crippen LogP contribution in [-0.4, -0.2) is 19.1 Å². The van der Waals surface area contributed by atoms with Gasteiger partial charge in [-0.2, -0.15) is 0 Å². The predicted octanol–water partition coefficient (Wildman–Crippen LogP) is 2.93. The number of amides is 1. The summed E-state index contributed by atoms with van der Waals surface area (Å²) in [5, 5.41) is 3.07. The highest BCUT2D eigenvalue weighted by Gasteiger charge is 2.65. The minimum atomic E-state index is 0.265. The first-order valence-electron chi connectivity index (χ1n) is 7.73. The SMILES string of the molecule is CCCOc1cccc(CCNC(=O)[C@H]2CC23CC3)c1. The van der Waals surface area contributed by atoms with E-state index in [0.29, 0.717) is 11.3 Å². The van der Waals surface area contributed by atoms with Crippen molar-refractivity contribution in [3.63, 3.8) is 0 Å². The summed E-state index contributed by atoms with van der Waals surface area (Å²) in [6.45, 7) is 3.58. The van der Waals surface area contributed by atoms with E-state index in [1.54, 1.807) is 0 Å². The summed E-state index contributed by atoms with van der Waals surface area (Å²) in [5.41, 5.74) is 1.67. The average molecular weight is 273 g/mol. The van der Waals surface area contributed by atoms with Crippen LogP contribution in [0.1, 0.15) is 38.2 Å². The molecule has 2 aliphatic rings. The second-order valence-electron chi connectivity index (χ2n) is 6.16. The Morgan fingerprint density at radius 3 is 3.00 bits per heavy atom. The Balaban J connectivity index is 1.42. The number of nitrogens with one attached hydrogen (secondary N) is 1. The van der Waals surface area contributed by atoms with Crippen LogP contribution < -0.4 is 10.1 Å². The zero-order valence-electron chi connectivity index (χ0n) is 12.2. The number of benzene rings is 1. The van der Waals surface area contributed by atoms with Gasteiger partial charge in [-0.1, -0.05) is 19.1 Å². The summed E-state index contributed by atoms with van der Waals surface area (Å²) in [4.78, 5) is 11.9. The Hall–Kier alpha value is -1.51. The molecule has 1 atom stereocenters. The Morgan fingerprint density at radius 1 is 1.45 bits per heavy atom. The van der Waals surface area contributed by atoms with Gasteiger partial charge >= 0.3 is 0 Å². The zero-order valence-corrected chi connectivity index (χ0v) is 12.2. The van der Waals surface area contributed by atoms with E-state index in [1.165, 1.54) is 18.4 Å². The molecule has 0 aliphatic heterocycles. The summed E-state index contributed by atoms with van der Waals surface area (Å²) >= 11 is 0. The smallest absolute Gasteiger partial charge is 0.223 e. The minimum absolute atomic E-state index is 0.265. The molecule has 0 bridgehead atoms. The van der Waals surface area contributed by atoms with Gasteiger partial charge in [0.15, 0.2) is 0 Å². The van der Waals surface area contributed by atoms with Gasteiger partial charge in [0.05, 0.1) is 6.61 Å². The van der Waals surface area contributed by atoms with E-state index >= 15 is 0 Å². The van der Waals surface area contributed by atoms with Gasteiger partial charge in [-0.3, -0.25) is 4.79 Å². The van der Waals surface area contributed by atoms with E-state index < -0.39 is 0 Å². The Labute approximate surface area is 120 Å². The van der Waals surface area contributed by atoms with Crippen LogP contribution in [0.4, 0.5) is 0 Å². The van der Waals surface area contributed by atoms with Gasteiger partial charge in [0.2, 0.25) is 5.91 Å². The summed E-state index contributed by atoms with van der Waals surface area (Å²) in [6, 6.07) is 8.16. The van der Waals surface area contributed by atoms with Crippen LogP contribution in [0.2, 0.25) is 0 Å². The zero-order chi connectivity index (χ0) is 14.0. The lowest BCUT2D eigenvalue weighted by Crippen LogP contribution is -2.27. The third-order valence-corrected chi connectivity index (χ3v) is 4.48. The Kier molecular flexibility index (Phi) is 3.68. The van der Waals surface area contributed by atoms with Crippen molar-refractivity contribution in [2.24, 2.45) is 11.3 Å². The van der Waals surface area contributed by atoms with Crippen LogP contribution >= 0.6 is 0 Å². The molecule has 108 valence electrons. The van der Waals surface area contributed by atoms with E-state index in [0.717, 1.165) is 38.2 Å². The van der Waals surface area contributed by atoms with Crippen LogP contribution in [0.15, 0.2) is 24.3 Å². The van der Waals surface area contributed by atoms with Gasteiger partial charge in [-0.25, -0.2) is 0 Å². The normalized spacial score (nSPS) is 21.6. The van der Waals surface area contributed by atoms with Crippen molar-refractivity contribution in [2.75, 3.05) is 13.2 Å². The van der Waals surface area contributed by atoms with Gasteiger partial charge in [0, 0.05) is 12.5 Å². The Bertz CT molecular complexity index is 494. The van der Waals surface area contributed by atoms with E-state index in [1.807, 2.05) is 12.1 Å². The van der Waals surface area contributed by atoms with Gasteiger partial charge in [0.25, 0.3) is 0 Å². The van der Waals surface area contributed by atoms with Crippen LogP contribution in [-0.2, 0) is 11.2 Å². The Morgan fingerprint density at radius 2 is 2.30 bits per heavy atom. The van der Waals surface area contributed by atoms with Crippen molar-refractivity contribution >= 4 is 5.91 Å². The average Bonchev–Trinajstić information content (AvgIpc) is 3.37. The van der Waals surface area contributed by atoms with Gasteiger partial charge in [-0.15, -0.1) is 0 Å². The number of carbonyl (C=O) groups is 1. The second-order valence-corrected chi connectivity index (χ2v) is 6.16. The molecule has 1 aromatic carbocycles. The summed E-state index contributed by atoms with van der Waals surface area (Å²) in [6.07, 6.45) is 5.54. The lowest BCUT2D eigenvalue weighted by atomic mass is 10.1. The fraction of sp³-hybridized carbons (Fsp3) is 0.588. The number of hydrogen-bond acceptors (Lipinski definition) is 2. The molecule has 0 saturated heterocycles. The standard InChI is InChI=1S/C17H23NO2/c1-2-10-20-14-5-3-4-13(11-14)6-9-18-16(19)15-12-17(15)7-8-17/h3-5,11,15H,2,6-10,12H2,1H3,(H,18,19)/t15-/m1/s1. The fourth-order valence-electron chi connectivity index (χ4n) is 2.90. The van der Waals surface area contributed by atoms with Gasteiger partial charge < -0.3 is 10.1 Å². The van der Waals surface area contributed by atoms with Gasteiger partial charge in [0.1, 0.15) is 5.75 Å². The molecule has 1 aromatic rings. The lowest BCUT2D eigenvalue weighted by Gasteiger charge is -2.08. The molecule has 3 rings (SSSR count). The van der Waals surface area contributed by atoms with Crippen molar-refractivity contribution in [3.8, 4) is 5.75 Å². The minimum Gasteiger partial charge on any atom is -0.494 e. The largest absolute Gasteiger partial charge is 0.494 e. The maximum Gasteiger partial charge on any atom is 0.223 e. The first-order valence-corrected chi connectivity index (χ1v) is 7.73. The molecule has 1 amide bonds. The number of rotatable bonds is 7. The third-order valence-electron chi connectivity index (χ3n) is 4.48. The maximum absolute atomic E-state index is 11.9. The third kappa shape index (κ3) is 2.97. The van der Waals surface area contributed by atoms with Crippen LogP contribution in [0.5, 0.6) is 5.75 Å². The number of hydrogen-bond donors (Lipinski definition) is 1. The first kappa shape index (κ1) is 13.5. The topological polar surface area (TPSA) is 38.3 Å². The molecule has 2 fully saturated rings. The highest BCUT2D eigenvalue weighted by Crippen LogP contribution is 2.70. The monoisotopic (exact) mass is 273 g/mol. The quantitative estimate of drug-likeness (QED) is 0.829. The maximum atomic E-state index is 11.9. The highest BCUT2D eigenvalue weighted by molar-refractivity contribution is 5.83. The molecule has 20 heavy (non-hydrogen) atoms. The molecular formula is C17H23NO2. The molecule has 0 aromatic heterocycles. The van der Waals surface area contributed by atoms with E-state index in [9.17, 15) is 4.79 Å². The van der Waals surface area contributed by atoms with E-state index in [-0.39, 0.29) is 5.91 Å². The highest BCUT2D eigenvalue weighted by atomic mass is 16.5. The van der Waals surface area contributed by atoms with Crippen molar-refractivity contribution < 1.29 is 9.53 Å². The molecular weight excluding hydrogens is 250 g/mol. The van der Waals surface area contributed by atoms with Crippen molar-refractivity contribution in [1.29, 1.82) is 0 Å². The number of carbonyl (C=O) groups excluding carboxylic acids is 1. The molecule has 1 N–H and O–H groups in total. The molecule has 3 heteroatoms. The van der Waals surface area contributed by atoms with Gasteiger partial charge in [-0.05, 0) is 55.2 Å². The summed E-state index contributed by atoms with van der Waals surface area (Å²) < 4.78 is 5.62. The van der Waals surface area contributed by atoms with Crippen LogP contribution in [0, 0.1) is 11.3 Å². The molecule has 3 nitrogen and oxygen atoms in total. The van der Waals surface area contributed by atoms with Crippen molar-refractivity contribution in [2.45, 2.75) is 39.0 Å². The summed E-state index contributed by atoms with van der Waals surface area (Å²) in [7, 11) is 0. The molecule has 0 heterocycles. The van der Waals surface area contributed by atoms with Crippen molar-refractivity contribution in [3.05, 3.63) is 29.8 Å². The fourth-order valence-corrected chi connectivity index (χ4v) is 2.90. The van der Waals surface area contributed by atoms with Crippen LogP contribution in [0.3, 0.4) is 0 Å². The predicted molar refractivity (Wildman–Crippen MR) is 78.7 cm³/mol. The molecule has 0 radical (unpaired) electrons. The molecule has 2 saturated carbocycles. The van der Waals surface area contributed by atoms with Crippen LogP contribution in [0.25, 0.3) is 0 Å². The first-order chi connectivity index (χ1) is 9.73.